The van der Waals surface area contributed by atoms with E-state index < -0.39 is 48.2 Å². The summed E-state index contributed by atoms with van der Waals surface area (Å²) in [4.78, 5) is 48.0. The fourth-order valence-corrected chi connectivity index (χ4v) is 2.89. The molecule has 11 heteroatoms. The zero-order valence-electron chi connectivity index (χ0n) is 18.6. The summed E-state index contributed by atoms with van der Waals surface area (Å²) in [6.07, 6.45) is 4.24. The van der Waals surface area contributed by atoms with Gasteiger partial charge < -0.3 is 31.9 Å². The molecule has 2 atom stereocenters. The van der Waals surface area contributed by atoms with E-state index in [2.05, 4.69) is 16.0 Å². The quantitative estimate of drug-likeness (QED) is 0.127. The molecule has 0 fully saturated rings. The average molecular weight is 462 g/mol. The van der Waals surface area contributed by atoms with E-state index in [9.17, 15) is 24.3 Å². The van der Waals surface area contributed by atoms with Gasteiger partial charge in [-0.25, -0.2) is 4.79 Å². The van der Waals surface area contributed by atoms with E-state index in [1.807, 2.05) is 6.08 Å². The molecule has 1 rings (SSSR count). The van der Waals surface area contributed by atoms with E-state index in [0.29, 0.717) is 24.9 Å². The van der Waals surface area contributed by atoms with Crippen molar-refractivity contribution in [3.63, 3.8) is 0 Å². The van der Waals surface area contributed by atoms with Crippen LogP contribution >= 0.6 is 0 Å². The van der Waals surface area contributed by atoms with Crippen LogP contribution in [0.3, 0.4) is 0 Å². The van der Waals surface area contributed by atoms with Gasteiger partial charge >= 0.3 is 11.9 Å². The fourth-order valence-electron chi connectivity index (χ4n) is 2.89. The number of nitrogens with two attached hydrogens (primary N) is 1. The van der Waals surface area contributed by atoms with Gasteiger partial charge in [-0.2, -0.15) is 0 Å². The van der Waals surface area contributed by atoms with Crippen LogP contribution in [0.25, 0.3) is 6.08 Å². The van der Waals surface area contributed by atoms with Gasteiger partial charge in [-0.3, -0.25) is 19.8 Å². The first-order valence-electron chi connectivity index (χ1n) is 10.4. The van der Waals surface area contributed by atoms with E-state index >= 15 is 0 Å². The van der Waals surface area contributed by atoms with Crippen LogP contribution in [-0.2, 0) is 14.4 Å². The second kappa shape index (κ2) is 13.5. The number of benzene rings is 1. The molecule has 0 spiro atoms. The number of carbonyl (C=O) groups is 4. The molecule has 0 unspecified atom stereocenters. The maximum Gasteiger partial charge on any atom is 0.326 e. The zero-order chi connectivity index (χ0) is 25.0. The molecule has 8 N–H and O–H groups in total. The number of unbranched alkanes of at least 4 members (excludes halogenated alkanes) is 1. The Morgan fingerprint density at radius 2 is 1.79 bits per heavy atom. The Labute approximate surface area is 191 Å². The number of allylic oxidation sites excluding steroid dienone is 1. The maximum absolute atomic E-state index is 12.8. The van der Waals surface area contributed by atoms with Crippen molar-refractivity contribution in [1.82, 2.24) is 16.0 Å². The predicted molar refractivity (Wildman–Crippen MR) is 123 cm³/mol. The molecule has 33 heavy (non-hydrogen) atoms. The van der Waals surface area contributed by atoms with Crippen molar-refractivity contribution >= 4 is 35.8 Å². The Morgan fingerprint density at radius 3 is 2.36 bits per heavy atom. The first kappa shape index (κ1) is 27.1. The van der Waals surface area contributed by atoms with Gasteiger partial charge in [0.05, 0.1) is 6.42 Å². The summed E-state index contributed by atoms with van der Waals surface area (Å²) in [6, 6.07) is 3.92. The highest BCUT2D eigenvalue weighted by Crippen LogP contribution is 2.13. The second-order valence-electron chi connectivity index (χ2n) is 7.66. The lowest BCUT2D eigenvalue weighted by molar-refractivity contribution is -0.144. The number of hydrogen-bond donors (Lipinski definition) is 7. The molecule has 11 nitrogen and oxygen atoms in total. The number of rotatable bonds is 13. The minimum atomic E-state index is -1.45. The lowest BCUT2D eigenvalue weighted by Crippen LogP contribution is -2.53. The molecule has 180 valence electrons. The van der Waals surface area contributed by atoms with Crippen LogP contribution < -0.4 is 21.7 Å². The largest absolute Gasteiger partial charge is 0.481 e. The van der Waals surface area contributed by atoms with E-state index in [1.165, 1.54) is 6.07 Å². The van der Waals surface area contributed by atoms with Crippen molar-refractivity contribution in [1.29, 1.82) is 5.41 Å². The molecule has 0 saturated carbocycles. The van der Waals surface area contributed by atoms with Gasteiger partial charge in [0.2, 0.25) is 5.91 Å². The van der Waals surface area contributed by atoms with E-state index in [1.54, 1.807) is 38.1 Å². The van der Waals surface area contributed by atoms with Crippen molar-refractivity contribution in [3.05, 3.63) is 41.5 Å². The molecule has 1 aromatic rings. The lowest BCUT2D eigenvalue weighted by Gasteiger charge is -2.22. The SMILES string of the molecule is CC(C)[C@H](NC(=O)[C@H](CC(=O)O)NC(=O)c1ccccc1C=CCCCNC(=N)N)C(=O)O. The third-order valence-electron chi connectivity index (χ3n) is 4.60. The molecule has 0 radical (unpaired) electrons. The number of carbonyl (C=O) groups excluding carboxylic acids is 2. The number of nitrogens with one attached hydrogen (secondary N) is 4. The topological polar surface area (TPSA) is 195 Å². The van der Waals surface area contributed by atoms with Crippen LogP contribution in [0.2, 0.25) is 0 Å². The Kier molecular flexibility index (Phi) is 11.1. The van der Waals surface area contributed by atoms with Crippen LogP contribution in [0.15, 0.2) is 30.3 Å². The zero-order valence-corrected chi connectivity index (χ0v) is 18.6. The van der Waals surface area contributed by atoms with Crippen LogP contribution in [0.4, 0.5) is 0 Å². The summed E-state index contributed by atoms with van der Waals surface area (Å²) >= 11 is 0. The molecule has 0 saturated heterocycles. The van der Waals surface area contributed by atoms with Crippen molar-refractivity contribution < 1.29 is 29.4 Å². The van der Waals surface area contributed by atoms with Gasteiger partial charge in [0, 0.05) is 12.1 Å². The van der Waals surface area contributed by atoms with Crippen LogP contribution in [0.1, 0.15) is 49.0 Å². The van der Waals surface area contributed by atoms with Crippen LogP contribution in [-0.4, -0.2) is 58.6 Å². The third-order valence-corrected chi connectivity index (χ3v) is 4.60. The van der Waals surface area contributed by atoms with Gasteiger partial charge in [0.1, 0.15) is 12.1 Å². The Bertz CT molecular complexity index is 899. The summed E-state index contributed by atoms with van der Waals surface area (Å²) < 4.78 is 0. The average Bonchev–Trinajstić information content (AvgIpc) is 2.73. The minimum absolute atomic E-state index is 0.107. The molecule has 0 aliphatic carbocycles. The van der Waals surface area contributed by atoms with E-state index in [0.717, 1.165) is 0 Å². The van der Waals surface area contributed by atoms with Gasteiger partial charge in [-0.1, -0.05) is 44.2 Å². The molecular weight excluding hydrogens is 430 g/mol. The lowest BCUT2D eigenvalue weighted by atomic mass is 10.0. The molecule has 0 heterocycles. The van der Waals surface area contributed by atoms with Crippen molar-refractivity contribution in [2.24, 2.45) is 11.7 Å². The molecule has 1 aromatic carbocycles. The number of aliphatic carboxylic acids is 2. The summed E-state index contributed by atoms with van der Waals surface area (Å²) in [5.74, 6) is -4.68. The highest BCUT2D eigenvalue weighted by atomic mass is 16.4. The van der Waals surface area contributed by atoms with Crippen molar-refractivity contribution in [2.75, 3.05) is 6.54 Å². The van der Waals surface area contributed by atoms with Crippen LogP contribution in [0.5, 0.6) is 0 Å². The molecule has 0 bridgehead atoms. The summed E-state index contributed by atoms with van der Waals surface area (Å²) in [5, 5.41) is 32.9. The van der Waals surface area contributed by atoms with Crippen LogP contribution in [0, 0.1) is 11.3 Å². The number of guanidine groups is 1. The third kappa shape index (κ3) is 9.85. The smallest absolute Gasteiger partial charge is 0.326 e. The molecule has 2 amide bonds. The normalized spacial score (nSPS) is 12.7. The monoisotopic (exact) mass is 461 g/mol. The predicted octanol–water partition coefficient (Wildman–Crippen LogP) is 0.762. The summed E-state index contributed by atoms with van der Waals surface area (Å²) in [6.45, 7) is 3.73. The molecule has 0 aliphatic heterocycles. The van der Waals surface area contributed by atoms with Gasteiger partial charge in [0.15, 0.2) is 5.96 Å². The van der Waals surface area contributed by atoms with E-state index in [4.69, 9.17) is 16.2 Å². The Morgan fingerprint density at radius 1 is 1.12 bits per heavy atom. The Hall–Kier alpha value is -3.89. The fraction of sp³-hybridized carbons (Fsp3) is 0.409. The van der Waals surface area contributed by atoms with Gasteiger partial charge in [0.25, 0.3) is 5.91 Å². The second-order valence-corrected chi connectivity index (χ2v) is 7.66. The Balaban J connectivity index is 2.93. The maximum atomic E-state index is 12.8. The molecule has 0 aromatic heterocycles. The van der Waals surface area contributed by atoms with Gasteiger partial charge in [-0.15, -0.1) is 0 Å². The number of carboxylic acid groups (broad SMARTS) is 2. The molecule has 0 aliphatic rings. The number of amides is 2. The number of hydrogen-bond acceptors (Lipinski definition) is 5. The number of carboxylic acids is 2. The summed E-state index contributed by atoms with van der Waals surface area (Å²) in [7, 11) is 0. The minimum Gasteiger partial charge on any atom is -0.481 e. The highest BCUT2D eigenvalue weighted by molar-refractivity contribution is 6.01. The highest BCUT2D eigenvalue weighted by Gasteiger charge is 2.30. The molecular formula is C22H31N5O6. The first-order valence-corrected chi connectivity index (χ1v) is 10.4. The van der Waals surface area contributed by atoms with E-state index in [-0.39, 0.29) is 11.5 Å². The summed E-state index contributed by atoms with van der Waals surface area (Å²) in [5.41, 5.74) is 6.01. The van der Waals surface area contributed by atoms with Crippen molar-refractivity contribution in [3.8, 4) is 0 Å². The van der Waals surface area contributed by atoms with Crippen molar-refractivity contribution in [2.45, 2.75) is 45.2 Å². The first-order chi connectivity index (χ1) is 15.5. The van der Waals surface area contributed by atoms with Gasteiger partial charge in [-0.05, 0) is 30.4 Å². The standard InChI is InChI=1S/C22H31N5O6/c1-13(2)18(21(32)33)27-20(31)16(12-17(28)29)26-19(30)15-10-6-5-9-14(15)8-4-3-7-11-25-22(23)24/h4-6,8-10,13,16,18H,3,7,11-12H2,1-2H3,(H,26,30)(H,27,31)(H,28,29)(H,32,33)(H4,23,24,25)/t16-,18-/m0/s1.